The average molecular weight is 450 g/mol. The van der Waals surface area contributed by atoms with E-state index in [4.69, 9.17) is 0 Å². The van der Waals surface area contributed by atoms with Gasteiger partial charge in [-0.15, -0.1) is 0 Å². The Hall–Kier alpha value is -0.850. The van der Waals surface area contributed by atoms with Crippen LogP contribution in [0.1, 0.15) is 10.4 Å². The van der Waals surface area contributed by atoms with Crippen LogP contribution in [-0.2, 0) is 0 Å². The predicted molar refractivity (Wildman–Crippen MR) is 85.6 cm³/mol. The minimum atomic E-state index is -0.368. The molecule has 0 fully saturated rings. The first kappa shape index (κ1) is 14.6. The van der Waals surface area contributed by atoms with Crippen LogP contribution in [0.3, 0.4) is 0 Å². The lowest BCUT2D eigenvalue weighted by Gasteiger charge is -2.10. The number of hydrogen-bond acceptors (Lipinski definition) is 2. The van der Waals surface area contributed by atoms with Gasteiger partial charge in [-0.2, -0.15) is 0 Å². The predicted octanol–water partition coefficient (Wildman–Crippen LogP) is 4.93. The Balaban J connectivity index is 2.30. The number of nitrogens with one attached hydrogen (secondary N) is 1. The van der Waals surface area contributed by atoms with E-state index in [-0.39, 0.29) is 17.2 Å². The van der Waals surface area contributed by atoms with Gasteiger partial charge in [-0.05, 0) is 72.1 Å². The maximum absolute atomic E-state index is 12.1. The number of phenolic OH excluding ortho intramolecular Hbond substituents is 1. The minimum Gasteiger partial charge on any atom is -0.507 e. The van der Waals surface area contributed by atoms with Crippen molar-refractivity contribution in [1.82, 2.24) is 0 Å². The number of benzene rings is 2. The van der Waals surface area contributed by atoms with E-state index in [9.17, 15) is 9.90 Å². The number of halogens is 3. The van der Waals surface area contributed by atoms with Gasteiger partial charge in [0.1, 0.15) is 5.75 Å². The Labute approximate surface area is 135 Å². The molecule has 0 aliphatic carbocycles. The summed E-state index contributed by atoms with van der Waals surface area (Å²) in [5.41, 5.74) is 0.844. The molecule has 0 atom stereocenters. The van der Waals surface area contributed by atoms with Gasteiger partial charge in [0.05, 0.1) is 15.7 Å². The number of hydrogen-bond donors (Lipinski definition) is 2. The van der Waals surface area contributed by atoms with Gasteiger partial charge in [-0.25, -0.2) is 0 Å². The Morgan fingerprint density at radius 1 is 1.00 bits per heavy atom. The van der Waals surface area contributed by atoms with Gasteiger partial charge in [0.15, 0.2) is 0 Å². The molecule has 0 spiro atoms. The van der Waals surface area contributed by atoms with E-state index in [2.05, 4.69) is 53.1 Å². The average Bonchev–Trinajstić information content (AvgIpc) is 2.40. The molecule has 0 aliphatic rings. The van der Waals surface area contributed by atoms with Crippen molar-refractivity contribution >= 4 is 59.4 Å². The molecule has 0 aromatic heterocycles. The molecule has 0 heterocycles. The van der Waals surface area contributed by atoms with Gasteiger partial charge in [0, 0.05) is 8.95 Å². The van der Waals surface area contributed by atoms with E-state index >= 15 is 0 Å². The van der Waals surface area contributed by atoms with Gasteiger partial charge >= 0.3 is 0 Å². The zero-order valence-electron chi connectivity index (χ0n) is 9.45. The van der Waals surface area contributed by atoms with Crippen LogP contribution in [0.4, 0.5) is 5.69 Å². The number of carbonyl (C=O) groups is 1. The van der Waals surface area contributed by atoms with E-state index in [1.54, 1.807) is 24.3 Å². The van der Waals surface area contributed by atoms with E-state index in [0.717, 1.165) is 13.4 Å². The van der Waals surface area contributed by atoms with Gasteiger partial charge in [-0.1, -0.05) is 12.1 Å². The number of aromatic hydroxyl groups is 1. The van der Waals surface area contributed by atoms with Gasteiger partial charge in [-0.3, -0.25) is 4.79 Å². The van der Waals surface area contributed by atoms with Crippen molar-refractivity contribution < 1.29 is 9.90 Å². The molecule has 98 valence electrons. The van der Waals surface area contributed by atoms with E-state index in [1.165, 1.54) is 6.07 Å². The van der Waals surface area contributed by atoms with Crippen LogP contribution < -0.4 is 5.32 Å². The molecular weight excluding hydrogens is 442 g/mol. The molecule has 19 heavy (non-hydrogen) atoms. The van der Waals surface area contributed by atoms with Gasteiger partial charge < -0.3 is 10.4 Å². The van der Waals surface area contributed by atoms with Crippen LogP contribution in [0.2, 0.25) is 0 Å². The van der Waals surface area contributed by atoms with Crippen molar-refractivity contribution in [3.05, 3.63) is 55.4 Å². The smallest absolute Gasteiger partial charge is 0.259 e. The summed E-state index contributed by atoms with van der Waals surface area (Å²) in [4.78, 5) is 12.1. The first-order chi connectivity index (χ1) is 9.00. The van der Waals surface area contributed by atoms with Crippen LogP contribution in [0.25, 0.3) is 0 Å². The van der Waals surface area contributed by atoms with Crippen LogP contribution in [-0.4, -0.2) is 11.0 Å². The summed E-state index contributed by atoms with van der Waals surface area (Å²) in [7, 11) is 0. The molecule has 0 saturated carbocycles. The van der Waals surface area contributed by atoms with Gasteiger partial charge in [0.25, 0.3) is 5.91 Å². The highest BCUT2D eigenvalue weighted by atomic mass is 79.9. The molecule has 0 bridgehead atoms. The second-order valence-corrected chi connectivity index (χ2v) is 6.13. The maximum atomic E-state index is 12.1. The fourth-order valence-corrected chi connectivity index (χ4v) is 2.86. The molecule has 3 nitrogen and oxygen atoms in total. The SMILES string of the molecule is O=C(Nc1ccc(Br)c(Br)c1Br)c1ccccc1O. The molecule has 2 rings (SSSR count). The summed E-state index contributed by atoms with van der Waals surface area (Å²) >= 11 is 10.2. The van der Waals surface area contributed by atoms with Crippen molar-refractivity contribution in [3.63, 3.8) is 0 Å². The highest BCUT2D eigenvalue weighted by molar-refractivity contribution is 9.14. The fourth-order valence-electron chi connectivity index (χ4n) is 1.48. The lowest BCUT2D eigenvalue weighted by atomic mass is 10.2. The summed E-state index contributed by atoms with van der Waals surface area (Å²) in [6, 6.07) is 9.97. The lowest BCUT2D eigenvalue weighted by Crippen LogP contribution is -2.12. The first-order valence-corrected chi connectivity index (χ1v) is 7.61. The third kappa shape index (κ3) is 3.19. The highest BCUT2D eigenvalue weighted by Gasteiger charge is 2.14. The number of phenols is 1. The molecule has 2 N–H and O–H groups in total. The van der Waals surface area contributed by atoms with Crippen LogP contribution in [0.5, 0.6) is 5.75 Å². The quantitative estimate of drug-likeness (QED) is 0.638. The summed E-state index contributed by atoms with van der Waals surface area (Å²) in [6.45, 7) is 0. The molecular formula is C13H8Br3NO2. The molecule has 0 saturated heterocycles. The molecule has 1 amide bonds. The molecule has 0 aliphatic heterocycles. The second kappa shape index (κ2) is 6.07. The monoisotopic (exact) mass is 447 g/mol. The molecule has 2 aromatic rings. The summed E-state index contributed by atoms with van der Waals surface area (Å²) in [6.07, 6.45) is 0. The zero-order valence-corrected chi connectivity index (χ0v) is 14.2. The summed E-state index contributed by atoms with van der Waals surface area (Å²) in [5.74, 6) is -0.416. The van der Waals surface area contributed by atoms with E-state index < -0.39 is 0 Å². The summed E-state index contributed by atoms with van der Waals surface area (Å²) < 4.78 is 2.41. The third-order valence-corrected chi connectivity index (χ3v) is 5.80. The topological polar surface area (TPSA) is 49.3 Å². The van der Waals surface area contributed by atoms with Gasteiger partial charge in [0.2, 0.25) is 0 Å². The maximum Gasteiger partial charge on any atom is 0.259 e. The molecule has 0 radical (unpaired) electrons. The lowest BCUT2D eigenvalue weighted by molar-refractivity contribution is 0.102. The number of amides is 1. The Morgan fingerprint density at radius 2 is 1.68 bits per heavy atom. The third-order valence-electron chi connectivity index (χ3n) is 2.43. The van der Waals surface area contributed by atoms with Crippen LogP contribution in [0.15, 0.2) is 49.8 Å². The zero-order chi connectivity index (χ0) is 14.0. The Kier molecular flexibility index (Phi) is 4.65. The Morgan fingerprint density at radius 3 is 2.37 bits per heavy atom. The first-order valence-electron chi connectivity index (χ1n) is 5.23. The van der Waals surface area contributed by atoms with Crippen molar-refractivity contribution in [2.24, 2.45) is 0 Å². The number of carbonyl (C=O) groups excluding carboxylic acids is 1. The normalized spacial score (nSPS) is 10.3. The van der Waals surface area contributed by atoms with Crippen molar-refractivity contribution in [3.8, 4) is 5.75 Å². The number of anilines is 1. The van der Waals surface area contributed by atoms with Crippen molar-refractivity contribution in [1.29, 1.82) is 0 Å². The van der Waals surface area contributed by atoms with E-state index in [0.29, 0.717) is 5.69 Å². The number of rotatable bonds is 2. The fraction of sp³-hybridized carbons (Fsp3) is 0. The molecule has 2 aromatic carbocycles. The largest absolute Gasteiger partial charge is 0.507 e. The van der Waals surface area contributed by atoms with Crippen LogP contribution in [0, 0.1) is 0 Å². The molecule has 6 heteroatoms. The minimum absolute atomic E-state index is 0.0488. The standard InChI is InChI=1S/C13H8Br3NO2/c14-8-5-6-9(12(16)11(8)15)17-13(19)7-3-1-2-4-10(7)18/h1-6,18H,(H,17,19). The Bertz CT molecular complexity index is 644. The van der Waals surface area contributed by atoms with Crippen molar-refractivity contribution in [2.45, 2.75) is 0 Å². The van der Waals surface area contributed by atoms with Crippen molar-refractivity contribution in [2.75, 3.05) is 5.32 Å². The summed E-state index contributed by atoms with van der Waals surface area (Å²) in [5, 5.41) is 12.4. The van der Waals surface area contributed by atoms with Crippen LogP contribution >= 0.6 is 47.8 Å². The van der Waals surface area contributed by atoms with E-state index in [1.807, 2.05) is 6.07 Å². The molecule has 0 unspecified atom stereocenters. The second-order valence-electron chi connectivity index (χ2n) is 3.69. The highest BCUT2D eigenvalue weighted by Crippen LogP contribution is 2.36. The number of para-hydroxylation sites is 1.